The van der Waals surface area contributed by atoms with Gasteiger partial charge in [-0.2, -0.15) is 0 Å². The highest BCUT2D eigenvalue weighted by molar-refractivity contribution is 6.29. The fourth-order valence-electron chi connectivity index (χ4n) is 3.04. The molecule has 0 fully saturated rings. The SMILES string of the molecule is CCNC(=O)c1cccc(NC(=O)/C(=C/c2ccccc2OC)c2ccccc2)c1. The van der Waals surface area contributed by atoms with Crippen LogP contribution in [0.1, 0.15) is 28.4 Å². The van der Waals surface area contributed by atoms with Crippen molar-refractivity contribution >= 4 is 29.2 Å². The summed E-state index contributed by atoms with van der Waals surface area (Å²) in [5.74, 6) is 0.221. The molecule has 5 heteroatoms. The number of benzene rings is 3. The van der Waals surface area contributed by atoms with E-state index in [-0.39, 0.29) is 11.8 Å². The van der Waals surface area contributed by atoms with Crippen LogP contribution in [-0.2, 0) is 4.79 Å². The molecule has 0 saturated carbocycles. The van der Waals surface area contributed by atoms with E-state index in [1.165, 1.54) is 0 Å². The zero-order valence-corrected chi connectivity index (χ0v) is 17.0. The van der Waals surface area contributed by atoms with E-state index in [1.807, 2.05) is 61.5 Å². The summed E-state index contributed by atoms with van der Waals surface area (Å²) < 4.78 is 5.42. The molecule has 3 rings (SSSR count). The average Bonchev–Trinajstić information content (AvgIpc) is 2.78. The van der Waals surface area contributed by atoms with Crippen LogP contribution in [-0.4, -0.2) is 25.5 Å². The summed E-state index contributed by atoms with van der Waals surface area (Å²) in [7, 11) is 1.60. The highest BCUT2D eigenvalue weighted by atomic mass is 16.5. The molecule has 0 atom stereocenters. The van der Waals surface area contributed by atoms with E-state index >= 15 is 0 Å². The molecule has 0 spiro atoms. The van der Waals surface area contributed by atoms with Gasteiger partial charge in [-0.15, -0.1) is 0 Å². The molecular formula is C25H24N2O3. The quantitative estimate of drug-likeness (QED) is 0.449. The lowest BCUT2D eigenvalue weighted by molar-refractivity contribution is -0.111. The van der Waals surface area contributed by atoms with Crippen LogP contribution in [0.3, 0.4) is 0 Å². The summed E-state index contributed by atoms with van der Waals surface area (Å²) in [4.78, 5) is 25.3. The third kappa shape index (κ3) is 5.14. The molecule has 0 aromatic heterocycles. The summed E-state index contributed by atoms with van der Waals surface area (Å²) in [5.41, 5.74) is 3.10. The van der Waals surface area contributed by atoms with E-state index in [4.69, 9.17) is 4.74 Å². The number of carbonyl (C=O) groups is 2. The Morgan fingerprint density at radius 2 is 1.60 bits per heavy atom. The predicted molar refractivity (Wildman–Crippen MR) is 120 cm³/mol. The standard InChI is InChI=1S/C25H24N2O3/c1-3-26-24(28)20-13-9-14-21(16-20)27-25(29)22(18-10-5-4-6-11-18)17-19-12-7-8-15-23(19)30-2/h4-17H,3H2,1-2H3,(H,26,28)(H,27,29)/b22-17+. The second-order valence-electron chi connectivity index (χ2n) is 6.56. The molecule has 2 N–H and O–H groups in total. The second kappa shape index (κ2) is 10.1. The van der Waals surface area contributed by atoms with Crippen LogP contribution in [0, 0.1) is 0 Å². The largest absolute Gasteiger partial charge is 0.496 e. The average molecular weight is 400 g/mol. The maximum Gasteiger partial charge on any atom is 0.256 e. The molecular weight excluding hydrogens is 376 g/mol. The number of carbonyl (C=O) groups excluding carboxylic acids is 2. The van der Waals surface area contributed by atoms with Gasteiger partial charge >= 0.3 is 0 Å². The molecule has 0 heterocycles. The first-order valence-electron chi connectivity index (χ1n) is 9.72. The van der Waals surface area contributed by atoms with Gasteiger partial charge in [0.25, 0.3) is 11.8 Å². The first kappa shape index (κ1) is 20.9. The topological polar surface area (TPSA) is 67.4 Å². The summed E-state index contributed by atoms with van der Waals surface area (Å²) in [6.45, 7) is 2.40. The van der Waals surface area contributed by atoms with Crippen LogP contribution in [0.15, 0.2) is 78.9 Å². The minimum absolute atomic E-state index is 0.179. The summed E-state index contributed by atoms with van der Waals surface area (Å²) in [5, 5.41) is 5.67. The van der Waals surface area contributed by atoms with Gasteiger partial charge in [0.05, 0.1) is 7.11 Å². The molecule has 0 bridgehead atoms. The predicted octanol–water partition coefficient (Wildman–Crippen LogP) is 4.62. The van der Waals surface area contributed by atoms with Crippen molar-refractivity contribution in [3.63, 3.8) is 0 Å². The van der Waals surface area contributed by atoms with Crippen molar-refractivity contribution in [3.05, 3.63) is 95.6 Å². The molecule has 0 aliphatic carbocycles. The van der Waals surface area contributed by atoms with Gasteiger partial charge in [-0.3, -0.25) is 9.59 Å². The first-order chi connectivity index (χ1) is 14.6. The van der Waals surface area contributed by atoms with Crippen molar-refractivity contribution in [2.24, 2.45) is 0 Å². The van der Waals surface area contributed by atoms with E-state index in [0.717, 1.165) is 11.1 Å². The molecule has 2 amide bonds. The van der Waals surface area contributed by atoms with E-state index < -0.39 is 0 Å². The van der Waals surface area contributed by atoms with Crippen LogP contribution >= 0.6 is 0 Å². The number of ether oxygens (including phenoxy) is 1. The van der Waals surface area contributed by atoms with Crippen molar-refractivity contribution in [3.8, 4) is 5.75 Å². The summed E-state index contributed by atoms with van der Waals surface area (Å²) in [6.07, 6.45) is 1.80. The first-order valence-corrected chi connectivity index (χ1v) is 9.72. The Morgan fingerprint density at radius 3 is 2.33 bits per heavy atom. The number of methoxy groups -OCH3 is 1. The molecule has 152 valence electrons. The van der Waals surface area contributed by atoms with Crippen molar-refractivity contribution in [2.45, 2.75) is 6.92 Å². The van der Waals surface area contributed by atoms with Crippen molar-refractivity contribution < 1.29 is 14.3 Å². The minimum Gasteiger partial charge on any atom is -0.496 e. The monoisotopic (exact) mass is 400 g/mol. The lowest BCUT2D eigenvalue weighted by atomic mass is 10.0. The van der Waals surface area contributed by atoms with Crippen molar-refractivity contribution in [2.75, 3.05) is 19.0 Å². The fraction of sp³-hybridized carbons (Fsp3) is 0.120. The number of hydrogen-bond acceptors (Lipinski definition) is 3. The lowest BCUT2D eigenvalue weighted by Crippen LogP contribution is -2.22. The second-order valence-corrected chi connectivity index (χ2v) is 6.56. The summed E-state index contributed by atoms with van der Waals surface area (Å²) in [6, 6.07) is 23.8. The number of nitrogens with one attached hydrogen (secondary N) is 2. The molecule has 5 nitrogen and oxygen atoms in total. The fourth-order valence-corrected chi connectivity index (χ4v) is 3.04. The van der Waals surface area contributed by atoms with Gasteiger partial charge in [0.2, 0.25) is 0 Å². The molecule has 0 aliphatic rings. The Labute approximate surface area is 176 Å². The zero-order valence-electron chi connectivity index (χ0n) is 17.0. The van der Waals surface area contributed by atoms with E-state index in [2.05, 4.69) is 10.6 Å². The van der Waals surface area contributed by atoms with Gasteiger partial charge in [0, 0.05) is 28.9 Å². The van der Waals surface area contributed by atoms with Crippen molar-refractivity contribution in [1.29, 1.82) is 0 Å². The maximum absolute atomic E-state index is 13.2. The lowest BCUT2D eigenvalue weighted by Gasteiger charge is -2.12. The molecule has 0 saturated heterocycles. The molecule has 30 heavy (non-hydrogen) atoms. The van der Waals surface area contributed by atoms with Gasteiger partial charge in [-0.1, -0.05) is 54.6 Å². The van der Waals surface area contributed by atoms with Crippen LogP contribution < -0.4 is 15.4 Å². The van der Waals surface area contributed by atoms with Crippen LogP contribution in [0.25, 0.3) is 11.6 Å². The Hall–Kier alpha value is -3.86. The number of amides is 2. The number of anilines is 1. The van der Waals surface area contributed by atoms with E-state index in [1.54, 1.807) is 37.5 Å². The van der Waals surface area contributed by atoms with E-state index in [9.17, 15) is 9.59 Å². The van der Waals surface area contributed by atoms with Crippen LogP contribution in [0.2, 0.25) is 0 Å². The van der Waals surface area contributed by atoms with E-state index in [0.29, 0.717) is 29.1 Å². The molecule has 0 radical (unpaired) electrons. The number of rotatable bonds is 7. The molecule has 0 aliphatic heterocycles. The molecule has 3 aromatic rings. The van der Waals surface area contributed by atoms with Gasteiger partial charge in [0.15, 0.2) is 0 Å². The Morgan fingerprint density at radius 1 is 0.900 bits per heavy atom. The molecule has 3 aromatic carbocycles. The number of hydrogen-bond donors (Lipinski definition) is 2. The maximum atomic E-state index is 13.2. The minimum atomic E-state index is -0.278. The summed E-state index contributed by atoms with van der Waals surface area (Å²) >= 11 is 0. The Bertz CT molecular complexity index is 1060. The van der Waals surface area contributed by atoms with Gasteiger partial charge in [-0.05, 0) is 42.8 Å². The van der Waals surface area contributed by atoms with Gasteiger partial charge < -0.3 is 15.4 Å². The van der Waals surface area contributed by atoms with Gasteiger partial charge in [-0.25, -0.2) is 0 Å². The zero-order chi connectivity index (χ0) is 21.3. The normalized spacial score (nSPS) is 10.9. The molecule has 0 unspecified atom stereocenters. The third-order valence-corrected chi connectivity index (χ3v) is 4.49. The smallest absolute Gasteiger partial charge is 0.256 e. The highest BCUT2D eigenvalue weighted by Gasteiger charge is 2.14. The van der Waals surface area contributed by atoms with Crippen LogP contribution in [0.5, 0.6) is 5.75 Å². The van der Waals surface area contributed by atoms with Crippen LogP contribution in [0.4, 0.5) is 5.69 Å². The van der Waals surface area contributed by atoms with Crippen molar-refractivity contribution in [1.82, 2.24) is 5.32 Å². The number of para-hydroxylation sites is 1. The third-order valence-electron chi connectivity index (χ3n) is 4.49. The van der Waals surface area contributed by atoms with Gasteiger partial charge in [0.1, 0.15) is 5.75 Å². The Balaban J connectivity index is 1.95. The Kier molecular flexibility index (Phi) is 7.00. The highest BCUT2D eigenvalue weighted by Crippen LogP contribution is 2.26.